The Morgan fingerprint density at radius 3 is 3.22 bits per heavy atom. The van der Waals surface area contributed by atoms with Crippen LogP contribution in [0.2, 0.25) is 0 Å². The molecule has 2 unspecified atom stereocenters. The lowest BCUT2D eigenvalue weighted by molar-refractivity contribution is 0.177. The van der Waals surface area contributed by atoms with Gasteiger partial charge in [-0.05, 0) is 43.9 Å². The number of hydrogen-bond acceptors (Lipinski definition) is 3. The summed E-state index contributed by atoms with van der Waals surface area (Å²) in [6.07, 6.45) is 6.55. The van der Waals surface area contributed by atoms with Crippen molar-refractivity contribution in [2.75, 3.05) is 20.3 Å². The molecule has 3 heteroatoms. The Bertz CT molecular complexity index is 359. The van der Waals surface area contributed by atoms with E-state index in [1.807, 2.05) is 12.3 Å². The molecule has 0 radical (unpaired) electrons. The summed E-state index contributed by atoms with van der Waals surface area (Å²) in [6.45, 7) is 4.11. The van der Waals surface area contributed by atoms with Crippen molar-refractivity contribution < 1.29 is 4.74 Å². The van der Waals surface area contributed by atoms with Crippen molar-refractivity contribution >= 4 is 0 Å². The number of rotatable bonds is 7. The number of nitrogens with zero attached hydrogens (tertiary/aromatic N) is 1. The van der Waals surface area contributed by atoms with Gasteiger partial charge in [0.2, 0.25) is 0 Å². The zero-order chi connectivity index (χ0) is 12.8. The number of methoxy groups -OCH3 is 1. The highest BCUT2D eigenvalue weighted by molar-refractivity contribution is 5.29. The van der Waals surface area contributed by atoms with E-state index in [0.29, 0.717) is 12.0 Å². The van der Waals surface area contributed by atoms with E-state index in [1.165, 1.54) is 30.5 Å². The van der Waals surface area contributed by atoms with Crippen LogP contribution >= 0.6 is 0 Å². The van der Waals surface area contributed by atoms with Gasteiger partial charge in [-0.15, -0.1) is 0 Å². The number of fused-ring (bicyclic) bond motifs is 1. The molecule has 1 aromatic heterocycles. The van der Waals surface area contributed by atoms with E-state index < -0.39 is 0 Å². The van der Waals surface area contributed by atoms with Gasteiger partial charge < -0.3 is 10.1 Å². The first-order chi connectivity index (χ1) is 8.86. The lowest BCUT2D eigenvalue weighted by atomic mass is 9.94. The average molecular weight is 248 g/mol. The lowest BCUT2D eigenvalue weighted by Gasteiger charge is -2.24. The van der Waals surface area contributed by atoms with Crippen molar-refractivity contribution in [3.63, 3.8) is 0 Å². The van der Waals surface area contributed by atoms with Crippen molar-refractivity contribution in [1.82, 2.24) is 10.3 Å². The van der Waals surface area contributed by atoms with E-state index in [4.69, 9.17) is 4.74 Å². The number of aryl methyl sites for hydroxylation is 1. The molecule has 0 amide bonds. The molecule has 1 aliphatic rings. The zero-order valence-electron chi connectivity index (χ0n) is 11.5. The Balaban J connectivity index is 2.06. The molecule has 18 heavy (non-hydrogen) atoms. The molecule has 0 fully saturated rings. The van der Waals surface area contributed by atoms with Crippen molar-refractivity contribution in [2.24, 2.45) is 0 Å². The first-order valence-electron chi connectivity index (χ1n) is 7.03. The van der Waals surface area contributed by atoms with Gasteiger partial charge in [-0.1, -0.05) is 13.0 Å². The highest BCUT2D eigenvalue weighted by atomic mass is 16.5. The van der Waals surface area contributed by atoms with E-state index in [-0.39, 0.29) is 0 Å². The quantitative estimate of drug-likeness (QED) is 0.805. The summed E-state index contributed by atoms with van der Waals surface area (Å²) < 4.78 is 5.24. The summed E-state index contributed by atoms with van der Waals surface area (Å²) in [5.41, 5.74) is 2.74. The third-order valence-corrected chi connectivity index (χ3v) is 3.78. The van der Waals surface area contributed by atoms with Gasteiger partial charge in [0.25, 0.3) is 0 Å². The van der Waals surface area contributed by atoms with Crippen molar-refractivity contribution in [3.05, 3.63) is 29.6 Å². The van der Waals surface area contributed by atoms with Crippen LogP contribution in [0.25, 0.3) is 0 Å². The summed E-state index contributed by atoms with van der Waals surface area (Å²) in [5.74, 6) is 0.558. The van der Waals surface area contributed by atoms with Crippen molar-refractivity contribution in [2.45, 2.75) is 44.6 Å². The van der Waals surface area contributed by atoms with Gasteiger partial charge in [0.1, 0.15) is 0 Å². The fourth-order valence-electron chi connectivity index (χ4n) is 2.86. The minimum atomic E-state index is 0.501. The molecule has 2 rings (SSSR count). The van der Waals surface area contributed by atoms with Crippen molar-refractivity contribution in [1.29, 1.82) is 0 Å². The molecule has 1 aromatic rings. The van der Waals surface area contributed by atoms with Gasteiger partial charge in [-0.25, -0.2) is 0 Å². The highest BCUT2D eigenvalue weighted by Crippen LogP contribution is 2.34. The SMILES string of the molecule is CCCNC(CCOC)C1CCc2cccnc21. The van der Waals surface area contributed by atoms with E-state index in [9.17, 15) is 0 Å². The molecule has 0 spiro atoms. The van der Waals surface area contributed by atoms with Crippen LogP contribution in [-0.2, 0) is 11.2 Å². The van der Waals surface area contributed by atoms with Crippen LogP contribution in [-0.4, -0.2) is 31.3 Å². The molecular weight excluding hydrogens is 224 g/mol. The second kappa shape index (κ2) is 6.86. The molecule has 1 heterocycles. The zero-order valence-corrected chi connectivity index (χ0v) is 11.5. The summed E-state index contributed by atoms with van der Waals surface area (Å²) in [6, 6.07) is 4.77. The number of pyridine rings is 1. The fourth-order valence-corrected chi connectivity index (χ4v) is 2.86. The molecule has 2 atom stereocenters. The third-order valence-electron chi connectivity index (χ3n) is 3.78. The predicted octanol–water partition coefficient (Wildman–Crippen LogP) is 2.52. The Labute approximate surface area is 110 Å². The van der Waals surface area contributed by atoms with E-state index in [1.54, 1.807) is 7.11 Å². The van der Waals surface area contributed by atoms with Gasteiger partial charge in [0.15, 0.2) is 0 Å². The molecule has 0 aromatic carbocycles. The summed E-state index contributed by atoms with van der Waals surface area (Å²) in [7, 11) is 1.78. The van der Waals surface area contributed by atoms with Crippen LogP contribution in [0.15, 0.2) is 18.3 Å². The summed E-state index contributed by atoms with van der Waals surface area (Å²) in [5, 5.41) is 3.67. The number of nitrogens with one attached hydrogen (secondary N) is 1. The lowest BCUT2D eigenvalue weighted by Crippen LogP contribution is -2.36. The standard InChI is InChI=1S/C15H24N2O/c1-3-9-16-14(8-11-18-2)13-7-6-12-5-4-10-17-15(12)13/h4-5,10,13-14,16H,3,6-9,11H2,1-2H3. The molecule has 1 N–H and O–H groups in total. The van der Waals surface area contributed by atoms with E-state index >= 15 is 0 Å². The maximum Gasteiger partial charge on any atom is 0.0482 e. The van der Waals surface area contributed by atoms with Gasteiger partial charge >= 0.3 is 0 Å². The van der Waals surface area contributed by atoms with Gasteiger partial charge in [-0.3, -0.25) is 4.98 Å². The van der Waals surface area contributed by atoms with Gasteiger partial charge in [-0.2, -0.15) is 0 Å². The molecule has 0 bridgehead atoms. The first-order valence-corrected chi connectivity index (χ1v) is 7.03. The number of hydrogen-bond donors (Lipinski definition) is 1. The normalized spacial score (nSPS) is 19.8. The summed E-state index contributed by atoms with van der Waals surface area (Å²) >= 11 is 0. The minimum absolute atomic E-state index is 0.501. The Hall–Kier alpha value is -0.930. The van der Waals surface area contributed by atoms with Gasteiger partial charge in [0, 0.05) is 37.6 Å². The second-order valence-corrected chi connectivity index (χ2v) is 5.04. The maximum absolute atomic E-state index is 5.24. The number of ether oxygens (including phenoxy) is 1. The fraction of sp³-hybridized carbons (Fsp3) is 0.667. The smallest absolute Gasteiger partial charge is 0.0482 e. The minimum Gasteiger partial charge on any atom is -0.385 e. The topological polar surface area (TPSA) is 34.1 Å². The van der Waals surface area contributed by atoms with E-state index in [2.05, 4.69) is 23.3 Å². The van der Waals surface area contributed by atoms with Crippen LogP contribution in [0.1, 0.15) is 43.4 Å². The Morgan fingerprint density at radius 2 is 2.44 bits per heavy atom. The van der Waals surface area contributed by atoms with Crippen molar-refractivity contribution in [3.8, 4) is 0 Å². The van der Waals surface area contributed by atoms with E-state index in [0.717, 1.165) is 19.6 Å². The van der Waals surface area contributed by atoms with Crippen LogP contribution in [0.3, 0.4) is 0 Å². The third kappa shape index (κ3) is 3.09. The molecular formula is C15H24N2O. The second-order valence-electron chi connectivity index (χ2n) is 5.04. The molecule has 3 nitrogen and oxygen atoms in total. The van der Waals surface area contributed by atoms with Gasteiger partial charge in [0.05, 0.1) is 0 Å². The predicted molar refractivity (Wildman–Crippen MR) is 73.9 cm³/mol. The Kier molecular flexibility index (Phi) is 5.14. The molecule has 0 aliphatic heterocycles. The van der Waals surface area contributed by atoms with Crippen LogP contribution < -0.4 is 5.32 Å². The van der Waals surface area contributed by atoms with Crippen LogP contribution in [0.5, 0.6) is 0 Å². The first kappa shape index (κ1) is 13.5. The highest BCUT2D eigenvalue weighted by Gasteiger charge is 2.30. The molecule has 0 saturated carbocycles. The molecule has 100 valence electrons. The monoisotopic (exact) mass is 248 g/mol. The largest absolute Gasteiger partial charge is 0.385 e. The maximum atomic E-state index is 5.24. The molecule has 0 saturated heterocycles. The van der Waals surface area contributed by atoms with Crippen LogP contribution in [0.4, 0.5) is 0 Å². The summed E-state index contributed by atoms with van der Waals surface area (Å²) in [4.78, 5) is 4.60. The number of aromatic nitrogens is 1. The molecule has 1 aliphatic carbocycles. The van der Waals surface area contributed by atoms with Crippen LogP contribution in [0, 0.1) is 0 Å². The average Bonchev–Trinajstić information content (AvgIpc) is 2.83. The Morgan fingerprint density at radius 1 is 1.56 bits per heavy atom.